The molecular weight excluding hydrogens is 322 g/mol. The Balaban J connectivity index is 1.59. The van der Waals surface area contributed by atoms with Crippen LogP contribution in [0.25, 0.3) is 11.5 Å². The number of hydrogen-bond acceptors (Lipinski definition) is 5. The summed E-state index contributed by atoms with van der Waals surface area (Å²) in [4.78, 5) is 0. The summed E-state index contributed by atoms with van der Waals surface area (Å²) in [7, 11) is 1.75. The van der Waals surface area contributed by atoms with E-state index in [1.54, 1.807) is 7.11 Å². The molecule has 1 N–H and O–H groups in total. The van der Waals surface area contributed by atoms with E-state index >= 15 is 0 Å². The molecule has 0 saturated heterocycles. The van der Waals surface area contributed by atoms with Gasteiger partial charge in [-0.05, 0) is 40.9 Å². The van der Waals surface area contributed by atoms with Crippen LogP contribution < -0.4 is 5.32 Å². The fraction of sp³-hybridized carbons (Fsp3) is 0.429. The Bertz CT molecular complexity index is 581. The molecule has 0 unspecified atom stereocenters. The van der Waals surface area contributed by atoms with Crippen molar-refractivity contribution in [3.63, 3.8) is 0 Å². The largest absolute Gasteiger partial charge is 0.419 e. The van der Waals surface area contributed by atoms with Gasteiger partial charge in [0.2, 0.25) is 11.8 Å². The Morgan fingerprint density at radius 2 is 2.15 bits per heavy atom. The van der Waals surface area contributed by atoms with Crippen LogP contribution in [0, 0.1) is 0 Å². The highest BCUT2D eigenvalue weighted by Gasteiger charge is 2.28. The SMILES string of the molecule is COC1CC(NCc2nnc(-c3ccccc3Br)o2)C1. The van der Waals surface area contributed by atoms with Crippen LogP contribution in [0.5, 0.6) is 0 Å². The van der Waals surface area contributed by atoms with Crippen LogP contribution in [0.4, 0.5) is 0 Å². The third-order valence-electron chi connectivity index (χ3n) is 3.54. The first-order valence-electron chi connectivity index (χ1n) is 6.59. The maximum Gasteiger partial charge on any atom is 0.248 e. The van der Waals surface area contributed by atoms with Crippen molar-refractivity contribution >= 4 is 15.9 Å². The van der Waals surface area contributed by atoms with Crippen molar-refractivity contribution in [2.24, 2.45) is 0 Å². The first-order chi connectivity index (χ1) is 9.76. The molecule has 0 atom stereocenters. The van der Waals surface area contributed by atoms with Gasteiger partial charge in [0.15, 0.2) is 0 Å². The van der Waals surface area contributed by atoms with E-state index in [1.807, 2.05) is 24.3 Å². The van der Waals surface area contributed by atoms with Crippen molar-refractivity contribution in [2.75, 3.05) is 7.11 Å². The summed E-state index contributed by atoms with van der Waals surface area (Å²) in [6, 6.07) is 8.29. The highest BCUT2D eigenvalue weighted by atomic mass is 79.9. The van der Waals surface area contributed by atoms with Crippen molar-refractivity contribution in [3.05, 3.63) is 34.6 Å². The van der Waals surface area contributed by atoms with Crippen LogP contribution in [0.1, 0.15) is 18.7 Å². The number of ether oxygens (including phenoxy) is 1. The minimum absolute atomic E-state index is 0.394. The average Bonchev–Trinajstić information content (AvgIpc) is 2.86. The van der Waals surface area contributed by atoms with E-state index in [-0.39, 0.29) is 0 Å². The number of hydrogen-bond donors (Lipinski definition) is 1. The van der Waals surface area contributed by atoms with Crippen LogP contribution in [-0.4, -0.2) is 29.5 Å². The number of benzene rings is 1. The van der Waals surface area contributed by atoms with Crippen LogP contribution in [0.3, 0.4) is 0 Å². The molecule has 0 amide bonds. The van der Waals surface area contributed by atoms with Crippen LogP contribution >= 0.6 is 15.9 Å². The van der Waals surface area contributed by atoms with Gasteiger partial charge in [0.05, 0.1) is 18.2 Å². The molecule has 20 heavy (non-hydrogen) atoms. The molecule has 1 aromatic carbocycles. The van der Waals surface area contributed by atoms with Crippen LogP contribution in [0.2, 0.25) is 0 Å². The van der Waals surface area contributed by atoms with Gasteiger partial charge in [0, 0.05) is 17.6 Å². The Labute approximate surface area is 125 Å². The molecule has 106 valence electrons. The van der Waals surface area contributed by atoms with E-state index in [9.17, 15) is 0 Å². The standard InChI is InChI=1S/C14H16BrN3O2/c1-19-10-6-9(7-10)16-8-13-17-18-14(20-13)11-4-2-3-5-12(11)15/h2-5,9-10,16H,6-8H2,1H3. The number of methoxy groups -OCH3 is 1. The van der Waals surface area contributed by atoms with Gasteiger partial charge in [0.25, 0.3) is 0 Å². The average molecular weight is 338 g/mol. The Morgan fingerprint density at radius 3 is 2.90 bits per heavy atom. The zero-order chi connectivity index (χ0) is 13.9. The molecule has 0 bridgehead atoms. The van der Waals surface area contributed by atoms with E-state index in [0.717, 1.165) is 22.9 Å². The minimum Gasteiger partial charge on any atom is -0.419 e. The summed E-state index contributed by atoms with van der Waals surface area (Å²) in [5.41, 5.74) is 0.911. The summed E-state index contributed by atoms with van der Waals surface area (Å²) in [5, 5.41) is 11.6. The van der Waals surface area contributed by atoms with Crippen LogP contribution in [0.15, 0.2) is 33.2 Å². The van der Waals surface area contributed by atoms with E-state index < -0.39 is 0 Å². The smallest absolute Gasteiger partial charge is 0.248 e. The molecule has 3 rings (SSSR count). The monoisotopic (exact) mass is 337 g/mol. The molecular formula is C14H16BrN3O2. The molecule has 1 aromatic heterocycles. The zero-order valence-electron chi connectivity index (χ0n) is 11.2. The summed E-state index contributed by atoms with van der Waals surface area (Å²) >= 11 is 3.48. The van der Waals surface area contributed by atoms with Crippen LogP contribution in [-0.2, 0) is 11.3 Å². The predicted octanol–water partition coefficient (Wildman–Crippen LogP) is 2.77. The molecule has 0 radical (unpaired) electrons. The molecule has 0 spiro atoms. The molecule has 5 nitrogen and oxygen atoms in total. The van der Waals surface area contributed by atoms with Gasteiger partial charge in [-0.3, -0.25) is 0 Å². The lowest BCUT2D eigenvalue weighted by atomic mass is 9.89. The van der Waals surface area contributed by atoms with Gasteiger partial charge in [-0.15, -0.1) is 10.2 Å². The summed E-state index contributed by atoms with van der Waals surface area (Å²) in [5.74, 6) is 1.15. The van der Waals surface area contributed by atoms with Gasteiger partial charge in [-0.25, -0.2) is 0 Å². The molecule has 1 heterocycles. The van der Waals surface area contributed by atoms with E-state index in [2.05, 4.69) is 31.4 Å². The minimum atomic E-state index is 0.394. The Kier molecular flexibility index (Phi) is 4.14. The van der Waals surface area contributed by atoms with E-state index in [1.165, 1.54) is 0 Å². The van der Waals surface area contributed by atoms with Gasteiger partial charge in [0.1, 0.15) is 0 Å². The number of nitrogens with zero attached hydrogens (tertiary/aromatic N) is 2. The highest BCUT2D eigenvalue weighted by Crippen LogP contribution is 2.27. The van der Waals surface area contributed by atoms with Gasteiger partial charge in [-0.1, -0.05) is 12.1 Å². The van der Waals surface area contributed by atoms with Crippen molar-refractivity contribution in [1.82, 2.24) is 15.5 Å². The topological polar surface area (TPSA) is 60.2 Å². The fourth-order valence-corrected chi connectivity index (χ4v) is 2.68. The molecule has 2 aromatic rings. The second-order valence-corrected chi connectivity index (χ2v) is 5.74. The molecule has 6 heteroatoms. The maximum absolute atomic E-state index is 5.68. The van der Waals surface area contributed by atoms with Crippen molar-refractivity contribution in [2.45, 2.75) is 31.5 Å². The maximum atomic E-state index is 5.68. The Hall–Kier alpha value is -1.24. The summed E-state index contributed by atoms with van der Waals surface area (Å²) in [6.07, 6.45) is 2.48. The molecule has 1 aliphatic rings. The lowest BCUT2D eigenvalue weighted by Crippen LogP contribution is -2.44. The Morgan fingerprint density at radius 1 is 1.35 bits per heavy atom. The number of aromatic nitrogens is 2. The van der Waals surface area contributed by atoms with Gasteiger partial charge < -0.3 is 14.5 Å². The second-order valence-electron chi connectivity index (χ2n) is 4.89. The first kappa shape index (κ1) is 13.7. The molecule has 1 fully saturated rings. The first-order valence-corrected chi connectivity index (χ1v) is 7.39. The lowest BCUT2D eigenvalue weighted by molar-refractivity contribution is 0.0164. The highest BCUT2D eigenvalue weighted by molar-refractivity contribution is 9.10. The molecule has 1 aliphatic carbocycles. The molecule has 1 saturated carbocycles. The van der Waals surface area contributed by atoms with E-state index in [0.29, 0.717) is 30.5 Å². The lowest BCUT2D eigenvalue weighted by Gasteiger charge is -2.34. The van der Waals surface area contributed by atoms with E-state index in [4.69, 9.17) is 9.15 Å². The fourth-order valence-electron chi connectivity index (χ4n) is 2.22. The van der Waals surface area contributed by atoms with Crippen molar-refractivity contribution in [1.29, 1.82) is 0 Å². The summed E-state index contributed by atoms with van der Waals surface area (Å²) in [6.45, 7) is 0.596. The summed E-state index contributed by atoms with van der Waals surface area (Å²) < 4.78 is 11.9. The number of halogens is 1. The zero-order valence-corrected chi connectivity index (χ0v) is 12.8. The number of nitrogens with one attached hydrogen (secondary N) is 1. The second kappa shape index (κ2) is 6.03. The quantitative estimate of drug-likeness (QED) is 0.908. The molecule has 0 aliphatic heterocycles. The predicted molar refractivity (Wildman–Crippen MR) is 78.1 cm³/mol. The van der Waals surface area contributed by atoms with Crippen molar-refractivity contribution < 1.29 is 9.15 Å². The van der Waals surface area contributed by atoms with Gasteiger partial charge in [-0.2, -0.15) is 0 Å². The van der Waals surface area contributed by atoms with Crippen molar-refractivity contribution in [3.8, 4) is 11.5 Å². The van der Waals surface area contributed by atoms with Gasteiger partial charge >= 0.3 is 0 Å². The normalized spacial score (nSPS) is 21.7. The third kappa shape index (κ3) is 2.92. The third-order valence-corrected chi connectivity index (χ3v) is 4.23. The number of rotatable bonds is 5.